The molecule has 4 rings (SSSR count). The molecule has 2 aliphatic rings. The van der Waals surface area contributed by atoms with Gasteiger partial charge < -0.3 is 14.4 Å². The molecule has 154 valence electrons. The van der Waals surface area contributed by atoms with Crippen LogP contribution in [0.5, 0.6) is 11.5 Å². The maximum atomic E-state index is 12.3. The van der Waals surface area contributed by atoms with E-state index < -0.39 is 0 Å². The number of hydrogen-bond acceptors (Lipinski definition) is 5. The number of nitrogens with zero attached hydrogens (tertiary/aromatic N) is 3. The fourth-order valence-corrected chi connectivity index (χ4v) is 4.38. The molecule has 1 amide bonds. The topological polar surface area (TPSA) is 54.9 Å². The lowest BCUT2D eigenvalue weighted by Gasteiger charge is -2.37. The summed E-state index contributed by atoms with van der Waals surface area (Å²) in [5.74, 6) is 2.12. The van der Waals surface area contributed by atoms with Gasteiger partial charge in [-0.15, -0.1) is 0 Å². The Morgan fingerprint density at radius 2 is 2.21 bits per heavy atom. The number of methoxy groups -OCH3 is 1. The maximum absolute atomic E-state index is 12.3. The van der Waals surface area contributed by atoms with Gasteiger partial charge in [-0.05, 0) is 49.2 Å². The van der Waals surface area contributed by atoms with Crippen molar-refractivity contribution in [2.24, 2.45) is 5.92 Å². The van der Waals surface area contributed by atoms with Crippen LogP contribution < -0.4 is 9.47 Å². The summed E-state index contributed by atoms with van der Waals surface area (Å²) in [5.41, 5.74) is 2.24. The van der Waals surface area contributed by atoms with Crippen LogP contribution in [0.3, 0.4) is 0 Å². The highest BCUT2D eigenvalue weighted by Gasteiger charge is 2.33. The van der Waals surface area contributed by atoms with Gasteiger partial charge in [-0.3, -0.25) is 14.7 Å². The van der Waals surface area contributed by atoms with Crippen molar-refractivity contribution in [1.29, 1.82) is 0 Å². The van der Waals surface area contributed by atoms with Gasteiger partial charge in [0.15, 0.2) is 0 Å². The molecule has 2 aromatic rings. The summed E-state index contributed by atoms with van der Waals surface area (Å²) in [5, 5.41) is 0. The van der Waals surface area contributed by atoms with Crippen LogP contribution in [-0.2, 0) is 17.9 Å². The summed E-state index contributed by atoms with van der Waals surface area (Å²) in [6.45, 7) is 5.78. The number of pyridine rings is 1. The number of fused-ring (bicyclic) bond motifs is 1. The van der Waals surface area contributed by atoms with E-state index in [4.69, 9.17) is 9.47 Å². The van der Waals surface area contributed by atoms with Crippen molar-refractivity contribution in [3.05, 3.63) is 53.9 Å². The van der Waals surface area contributed by atoms with Crippen molar-refractivity contribution < 1.29 is 14.3 Å². The average Bonchev–Trinajstić information content (AvgIpc) is 2.94. The lowest BCUT2D eigenvalue weighted by Crippen LogP contribution is -2.46. The molecule has 0 spiro atoms. The molecule has 6 heteroatoms. The summed E-state index contributed by atoms with van der Waals surface area (Å²) >= 11 is 0. The van der Waals surface area contributed by atoms with E-state index in [9.17, 15) is 4.79 Å². The third kappa shape index (κ3) is 4.70. The fraction of sp³-hybridized carbons (Fsp3) is 0.478. The molecule has 2 atom stereocenters. The highest BCUT2D eigenvalue weighted by molar-refractivity contribution is 5.73. The number of ether oxygens (including phenoxy) is 2. The number of amides is 1. The predicted octanol–water partition coefficient (Wildman–Crippen LogP) is 3.11. The van der Waals surface area contributed by atoms with E-state index in [0.717, 1.165) is 49.5 Å². The van der Waals surface area contributed by atoms with E-state index in [0.29, 0.717) is 19.0 Å². The Bertz CT molecular complexity index is 843. The van der Waals surface area contributed by atoms with E-state index in [1.54, 1.807) is 14.0 Å². The molecule has 1 saturated heterocycles. The van der Waals surface area contributed by atoms with Crippen molar-refractivity contribution in [1.82, 2.24) is 14.8 Å². The van der Waals surface area contributed by atoms with Crippen LogP contribution >= 0.6 is 0 Å². The van der Waals surface area contributed by atoms with Crippen molar-refractivity contribution in [2.45, 2.75) is 39.0 Å². The summed E-state index contributed by atoms with van der Waals surface area (Å²) in [7, 11) is 1.66. The first-order valence-corrected chi connectivity index (χ1v) is 10.3. The molecule has 0 N–H and O–H groups in total. The molecular formula is C23H29N3O3. The number of benzene rings is 1. The molecule has 1 fully saturated rings. The first-order valence-electron chi connectivity index (χ1n) is 10.3. The fourth-order valence-electron chi connectivity index (χ4n) is 4.38. The number of rotatable bonds is 4. The van der Waals surface area contributed by atoms with Crippen molar-refractivity contribution in [2.75, 3.05) is 26.7 Å². The average molecular weight is 396 g/mol. The minimum atomic E-state index is -0.00903. The Morgan fingerprint density at radius 1 is 1.31 bits per heavy atom. The lowest BCUT2D eigenvalue weighted by molar-refractivity contribution is -0.130. The summed E-state index contributed by atoms with van der Waals surface area (Å²) in [4.78, 5) is 20.9. The standard InChI is InChI=1S/C23H29N3O3/c1-17(27)26-15-20-11-21(28-2)7-8-22(20)29-23(16-26)19-6-4-10-25(14-19)13-18-5-3-9-24-12-18/h3,5,7-9,11-12,19,23H,4,6,10,13-16H2,1-2H3/t19-,23-/m0/s1. The number of aromatic nitrogens is 1. The number of piperidine rings is 1. The van der Waals surface area contributed by atoms with E-state index in [-0.39, 0.29) is 12.0 Å². The Hall–Kier alpha value is -2.60. The first-order chi connectivity index (χ1) is 14.1. The Labute approximate surface area is 172 Å². The predicted molar refractivity (Wildman–Crippen MR) is 111 cm³/mol. The van der Waals surface area contributed by atoms with Gasteiger partial charge >= 0.3 is 0 Å². The van der Waals surface area contributed by atoms with Gasteiger partial charge in [-0.2, -0.15) is 0 Å². The lowest BCUT2D eigenvalue weighted by atomic mass is 9.91. The van der Waals surface area contributed by atoms with E-state index in [1.807, 2.05) is 41.6 Å². The largest absolute Gasteiger partial charge is 0.497 e. The number of carbonyl (C=O) groups is 1. The van der Waals surface area contributed by atoms with Crippen LogP contribution in [0.1, 0.15) is 30.9 Å². The molecule has 6 nitrogen and oxygen atoms in total. The van der Waals surface area contributed by atoms with Gasteiger partial charge in [-0.25, -0.2) is 0 Å². The van der Waals surface area contributed by atoms with Gasteiger partial charge in [0, 0.05) is 50.4 Å². The minimum Gasteiger partial charge on any atom is -0.497 e. The SMILES string of the molecule is COc1ccc2c(c1)CN(C(C)=O)C[C@@H]([C@H]1CCCN(Cc3cccnc3)C1)O2. The van der Waals surface area contributed by atoms with E-state index >= 15 is 0 Å². The van der Waals surface area contributed by atoms with Gasteiger partial charge in [-0.1, -0.05) is 6.07 Å². The van der Waals surface area contributed by atoms with E-state index in [1.165, 1.54) is 5.56 Å². The van der Waals surface area contributed by atoms with Crippen molar-refractivity contribution >= 4 is 5.91 Å². The van der Waals surface area contributed by atoms with Crippen LogP contribution in [0.15, 0.2) is 42.7 Å². The monoisotopic (exact) mass is 395 g/mol. The second kappa shape index (κ2) is 8.82. The zero-order valence-corrected chi connectivity index (χ0v) is 17.2. The molecule has 0 radical (unpaired) electrons. The van der Waals surface area contributed by atoms with E-state index in [2.05, 4.69) is 16.0 Å². The molecular weight excluding hydrogens is 366 g/mol. The molecule has 1 aromatic carbocycles. The van der Waals surface area contributed by atoms with Gasteiger partial charge in [0.1, 0.15) is 17.6 Å². The first kappa shape index (κ1) is 19.7. The second-order valence-electron chi connectivity index (χ2n) is 8.03. The van der Waals surface area contributed by atoms with Crippen LogP contribution in [0.25, 0.3) is 0 Å². The summed E-state index contributed by atoms with van der Waals surface area (Å²) in [6, 6.07) is 9.99. The molecule has 0 bridgehead atoms. The molecule has 0 aliphatic carbocycles. The molecule has 0 unspecified atom stereocenters. The van der Waals surface area contributed by atoms with Crippen LogP contribution in [0.4, 0.5) is 0 Å². The number of carbonyl (C=O) groups excluding carboxylic acids is 1. The normalized spacial score (nSPS) is 22.3. The van der Waals surface area contributed by atoms with Crippen LogP contribution in [0, 0.1) is 5.92 Å². The van der Waals surface area contributed by atoms with Crippen molar-refractivity contribution in [3.8, 4) is 11.5 Å². The summed E-state index contributed by atoms with van der Waals surface area (Å²) < 4.78 is 11.8. The Balaban J connectivity index is 1.51. The van der Waals surface area contributed by atoms with Crippen LogP contribution in [-0.4, -0.2) is 53.5 Å². The van der Waals surface area contributed by atoms with Crippen molar-refractivity contribution in [3.63, 3.8) is 0 Å². The minimum absolute atomic E-state index is 0.00903. The molecule has 3 heterocycles. The highest BCUT2D eigenvalue weighted by atomic mass is 16.5. The summed E-state index contributed by atoms with van der Waals surface area (Å²) in [6.07, 6.45) is 5.99. The zero-order valence-electron chi connectivity index (χ0n) is 17.2. The second-order valence-corrected chi connectivity index (χ2v) is 8.03. The Kier molecular flexibility index (Phi) is 6.00. The smallest absolute Gasteiger partial charge is 0.219 e. The Morgan fingerprint density at radius 3 is 2.97 bits per heavy atom. The number of likely N-dealkylation sites (tertiary alicyclic amines) is 1. The van der Waals surface area contributed by atoms with Crippen LogP contribution in [0.2, 0.25) is 0 Å². The third-order valence-electron chi connectivity index (χ3n) is 5.95. The number of hydrogen-bond donors (Lipinski definition) is 0. The highest BCUT2D eigenvalue weighted by Crippen LogP contribution is 2.33. The third-order valence-corrected chi connectivity index (χ3v) is 5.95. The van der Waals surface area contributed by atoms with Gasteiger partial charge in [0.05, 0.1) is 13.7 Å². The molecule has 29 heavy (non-hydrogen) atoms. The quantitative estimate of drug-likeness (QED) is 0.796. The van der Waals surface area contributed by atoms with Gasteiger partial charge in [0.25, 0.3) is 0 Å². The molecule has 1 aromatic heterocycles. The molecule has 0 saturated carbocycles. The maximum Gasteiger partial charge on any atom is 0.219 e. The van der Waals surface area contributed by atoms with Gasteiger partial charge in [0.2, 0.25) is 5.91 Å². The molecule has 2 aliphatic heterocycles. The zero-order chi connectivity index (χ0) is 20.2.